The highest BCUT2D eigenvalue weighted by Gasteiger charge is 2.20. The molecule has 0 atom stereocenters. The van der Waals surface area contributed by atoms with Gasteiger partial charge in [0, 0.05) is 12.1 Å². The standard InChI is InChI=1S/C11H14BrN3O2/c1-7-9(15(16)17)6-14-11(10(7)12)13-5-8-3-2-4-8/h6,8H,2-5H2,1H3,(H,13,14). The Morgan fingerprint density at radius 3 is 2.88 bits per heavy atom. The Morgan fingerprint density at radius 1 is 1.65 bits per heavy atom. The summed E-state index contributed by atoms with van der Waals surface area (Å²) < 4.78 is 0.686. The van der Waals surface area contributed by atoms with Crippen molar-refractivity contribution in [2.24, 2.45) is 5.92 Å². The maximum absolute atomic E-state index is 10.7. The third-order valence-electron chi connectivity index (χ3n) is 3.22. The van der Waals surface area contributed by atoms with E-state index in [4.69, 9.17) is 0 Å². The van der Waals surface area contributed by atoms with Gasteiger partial charge in [0.05, 0.1) is 9.40 Å². The summed E-state index contributed by atoms with van der Waals surface area (Å²) in [6, 6.07) is 0. The molecule has 0 aromatic carbocycles. The van der Waals surface area contributed by atoms with E-state index >= 15 is 0 Å². The van der Waals surface area contributed by atoms with Gasteiger partial charge in [-0.1, -0.05) is 6.42 Å². The van der Waals surface area contributed by atoms with Gasteiger partial charge in [0.1, 0.15) is 12.0 Å². The summed E-state index contributed by atoms with van der Waals surface area (Å²) >= 11 is 3.36. The van der Waals surface area contributed by atoms with Crippen molar-refractivity contribution in [3.63, 3.8) is 0 Å². The summed E-state index contributed by atoms with van der Waals surface area (Å²) in [7, 11) is 0. The third-order valence-corrected chi connectivity index (χ3v) is 4.19. The summed E-state index contributed by atoms with van der Waals surface area (Å²) in [5.74, 6) is 1.42. The monoisotopic (exact) mass is 299 g/mol. The molecule has 17 heavy (non-hydrogen) atoms. The van der Waals surface area contributed by atoms with Gasteiger partial charge in [0.25, 0.3) is 5.69 Å². The van der Waals surface area contributed by atoms with Gasteiger partial charge in [0.2, 0.25) is 0 Å². The molecular formula is C11H14BrN3O2. The van der Waals surface area contributed by atoms with Gasteiger partial charge >= 0.3 is 0 Å². The predicted octanol–water partition coefficient (Wildman–Crippen LogP) is 3.27. The molecule has 92 valence electrons. The Labute approximate surface area is 108 Å². The van der Waals surface area contributed by atoms with Crippen molar-refractivity contribution in [1.29, 1.82) is 0 Å². The highest BCUT2D eigenvalue weighted by Crippen LogP contribution is 2.32. The van der Waals surface area contributed by atoms with E-state index in [1.54, 1.807) is 6.92 Å². The molecule has 1 heterocycles. The van der Waals surface area contributed by atoms with E-state index < -0.39 is 4.92 Å². The minimum atomic E-state index is -0.414. The van der Waals surface area contributed by atoms with Crippen molar-refractivity contribution in [2.45, 2.75) is 26.2 Å². The molecule has 0 spiro atoms. The number of anilines is 1. The highest BCUT2D eigenvalue weighted by atomic mass is 79.9. The fourth-order valence-electron chi connectivity index (χ4n) is 1.81. The van der Waals surface area contributed by atoms with Gasteiger partial charge in [-0.15, -0.1) is 0 Å². The molecule has 0 saturated heterocycles. The smallest absolute Gasteiger partial charge is 0.291 e. The van der Waals surface area contributed by atoms with E-state index in [0.29, 0.717) is 15.9 Å². The quantitative estimate of drug-likeness (QED) is 0.684. The van der Waals surface area contributed by atoms with E-state index in [-0.39, 0.29) is 5.69 Å². The average molecular weight is 300 g/mol. The van der Waals surface area contributed by atoms with Crippen LogP contribution in [0.5, 0.6) is 0 Å². The molecule has 1 fully saturated rings. The molecule has 1 N–H and O–H groups in total. The molecule has 0 bridgehead atoms. The highest BCUT2D eigenvalue weighted by molar-refractivity contribution is 9.10. The Bertz CT molecular complexity index is 447. The number of aromatic nitrogens is 1. The molecule has 6 heteroatoms. The molecule has 1 aliphatic carbocycles. The second-order valence-corrected chi connectivity index (χ2v) is 5.16. The van der Waals surface area contributed by atoms with E-state index in [1.165, 1.54) is 25.5 Å². The fraction of sp³-hybridized carbons (Fsp3) is 0.545. The van der Waals surface area contributed by atoms with Crippen molar-refractivity contribution in [3.8, 4) is 0 Å². The number of rotatable bonds is 4. The van der Waals surface area contributed by atoms with E-state index in [1.807, 2.05) is 0 Å². The Morgan fingerprint density at radius 2 is 2.35 bits per heavy atom. The van der Waals surface area contributed by atoms with Crippen LogP contribution in [0.2, 0.25) is 0 Å². The number of nitrogens with zero attached hydrogens (tertiary/aromatic N) is 2. The van der Waals surface area contributed by atoms with E-state index in [0.717, 1.165) is 12.5 Å². The van der Waals surface area contributed by atoms with E-state index in [2.05, 4.69) is 26.2 Å². The largest absolute Gasteiger partial charge is 0.369 e. The topological polar surface area (TPSA) is 68.1 Å². The normalized spacial score (nSPS) is 15.4. The zero-order valence-corrected chi connectivity index (χ0v) is 11.2. The maximum atomic E-state index is 10.7. The van der Waals surface area contributed by atoms with Crippen LogP contribution >= 0.6 is 15.9 Å². The second-order valence-electron chi connectivity index (χ2n) is 4.37. The molecule has 2 rings (SSSR count). The lowest BCUT2D eigenvalue weighted by Gasteiger charge is -2.25. The second kappa shape index (κ2) is 5.00. The molecular weight excluding hydrogens is 286 g/mol. The van der Waals surface area contributed by atoms with Gasteiger partial charge in [-0.3, -0.25) is 10.1 Å². The van der Waals surface area contributed by atoms with Crippen LogP contribution in [0, 0.1) is 23.0 Å². The number of halogens is 1. The Balaban J connectivity index is 2.12. The summed E-state index contributed by atoms with van der Waals surface area (Å²) in [5.41, 5.74) is 0.659. The summed E-state index contributed by atoms with van der Waals surface area (Å²) in [4.78, 5) is 14.4. The molecule has 5 nitrogen and oxygen atoms in total. The lowest BCUT2D eigenvalue weighted by Crippen LogP contribution is -2.21. The fourth-order valence-corrected chi connectivity index (χ4v) is 2.26. The van der Waals surface area contributed by atoms with Crippen LogP contribution in [-0.4, -0.2) is 16.5 Å². The predicted molar refractivity (Wildman–Crippen MR) is 69.2 cm³/mol. The van der Waals surface area contributed by atoms with Crippen molar-refractivity contribution in [3.05, 3.63) is 26.3 Å². The van der Waals surface area contributed by atoms with Crippen LogP contribution in [-0.2, 0) is 0 Å². The first-order valence-corrected chi connectivity index (χ1v) is 6.42. The lowest BCUT2D eigenvalue weighted by atomic mass is 9.85. The summed E-state index contributed by atoms with van der Waals surface area (Å²) in [6.45, 7) is 2.61. The van der Waals surface area contributed by atoms with Gasteiger partial charge < -0.3 is 5.32 Å². The molecule has 1 saturated carbocycles. The zero-order valence-electron chi connectivity index (χ0n) is 9.57. The third kappa shape index (κ3) is 2.57. The van der Waals surface area contributed by atoms with Gasteiger partial charge in [-0.05, 0) is 41.6 Å². The number of nitro groups is 1. The summed E-state index contributed by atoms with van der Waals surface area (Å²) in [5, 5.41) is 14.0. The molecule has 1 aromatic heterocycles. The molecule has 0 aliphatic heterocycles. The number of hydrogen-bond acceptors (Lipinski definition) is 4. The van der Waals surface area contributed by atoms with Gasteiger partial charge in [-0.25, -0.2) is 4.98 Å². The molecule has 0 amide bonds. The zero-order chi connectivity index (χ0) is 12.4. The van der Waals surface area contributed by atoms with Crippen LogP contribution in [0.15, 0.2) is 10.7 Å². The van der Waals surface area contributed by atoms with Crippen LogP contribution in [0.25, 0.3) is 0 Å². The van der Waals surface area contributed by atoms with Gasteiger partial charge in [0.15, 0.2) is 0 Å². The average Bonchev–Trinajstić information content (AvgIpc) is 2.21. The Hall–Kier alpha value is -1.17. The van der Waals surface area contributed by atoms with Crippen LogP contribution < -0.4 is 5.32 Å². The van der Waals surface area contributed by atoms with E-state index in [9.17, 15) is 10.1 Å². The van der Waals surface area contributed by atoms with Gasteiger partial charge in [-0.2, -0.15) is 0 Å². The SMILES string of the molecule is Cc1c([N+](=O)[O-])cnc(NCC2CCC2)c1Br. The van der Waals surface area contributed by atoms with Crippen LogP contribution in [0.3, 0.4) is 0 Å². The Kier molecular flexibility index (Phi) is 3.61. The number of nitrogens with one attached hydrogen (secondary N) is 1. The number of pyridine rings is 1. The molecule has 0 unspecified atom stereocenters. The molecule has 1 aromatic rings. The van der Waals surface area contributed by atoms with Crippen LogP contribution in [0.1, 0.15) is 24.8 Å². The first-order valence-electron chi connectivity index (χ1n) is 5.63. The first kappa shape index (κ1) is 12.3. The van der Waals surface area contributed by atoms with Crippen molar-refractivity contribution < 1.29 is 4.92 Å². The molecule has 0 radical (unpaired) electrons. The minimum absolute atomic E-state index is 0.0473. The first-order chi connectivity index (χ1) is 8.09. The lowest BCUT2D eigenvalue weighted by molar-refractivity contribution is -0.385. The minimum Gasteiger partial charge on any atom is -0.369 e. The van der Waals surface area contributed by atoms with Crippen molar-refractivity contribution in [2.75, 3.05) is 11.9 Å². The van der Waals surface area contributed by atoms with Crippen molar-refractivity contribution in [1.82, 2.24) is 4.98 Å². The number of hydrogen-bond donors (Lipinski definition) is 1. The summed E-state index contributed by atoms with van der Waals surface area (Å²) in [6.07, 6.45) is 5.14. The van der Waals surface area contributed by atoms with Crippen molar-refractivity contribution >= 4 is 27.4 Å². The van der Waals surface area contributed by atoms with Crippen LogP contribution in [0.4, 0.5) is 11.5 Å². The maximum Gasteiger partial charge on any atom is 0.291 e. The molecule has 1 aliphatic rings.